The van der Waals surface area contributed by atoms with Crippen LogP contribution < -0.4 is 19.7 Å². The Kier molecular flexibility index (Phi) is 7.82. The topological polar surface area (TPSA) is 67.9 Å². The molecule has 1 aliphatic rings. The monoisotopic (exact) mass is 666 g/mol. The van der Waals surface area contributed by atoms with E-state index in [0.717, 1.165) is 18.5 Å². The number of benzene rings is 3. The molecular weight excluding hydrogens is 650 g/mol. The third-order valence-electron chi connectivity index (χ3n) is 5.05. The van der Waals surface area contributed by atoms with Crippen molar-refractivity contribution in [1.82, 2.24) is 5.32 Å². The standard InChI is InChI=1S/C25H17BrFIN2O4S/c1-33-21-12-15(11-19(28)22(21)34-13-14-6-8-16(26)9-7-14)10-17-23(31)29-25(35)30(24(17)32)20-5-3-2-4-18(20)27/h2-12H,13H2,1H3,(H,29,31,35)/b17-10+. The van der Waals surface area contributed by atoms with Gasteiger partial charge in [-0.2, -0.15) is 0 Å². The normalized spacial score (nSPS) is 14.8. The number of para-hydroxylation sites is 1. The lowest BCUT2D eigenvalue weighted by Gasteiger charge is -2.29. The Morgan fingerprint density at radius 3 is 2.54 bits per heavy atom. The maximum atomic E-state index is 14.4. The summed E-state index contributed by atoms with van der Waals surface area (Å²) in [5.74, 6) is -1.06. The molecule has 1 saturated heterocycles. The second kappa shape index (κ2) is 10.8. The molecule has 35 heavy (non-hydrogen) atoms. The van der Waals surface area contributed by atoms with E-state index < -0.39 is 17.6 Å². The second-order valence-electron chi connectivity index (χ2n) is 7.36. The third-order valence-corrected chi connectivity index (χ3v) is 6.67. The van der Waals surface area contributed by atoms with Gasteiger partial charge in [-0.3, -0.25) is 14.9 Å². The van der Waals surface area contributed by atoms with E-state index >= 15 is 0 Å². The van der Waals surface area contributed by atoms with E-state index in [9.17, 15) is 14.0 Å². The first kappa shape index (κ1) is 25.3. The maximum Gasteiger partial charge on any atom is 0.270 e. The Bertz CT molecular complexity index is 1360. The predicted molar refractivity (Wildman–Crippen MR) is 147 cm³/mol. The number of ether oxygens (including phenoxy) is 2. The van der Waals surface area contributed by atoms with Crippen LogP contribution in [0.25, 0.3) is 6.08 Å². The van der Waals surface area contributed by atoms with Crippen LogP contribution in [0.1, 0.15) is 11.1 Å². The summed E-state index contributed by atoms with van der Waals surface area (Å²) >= 11 is 10.6. The average Bonchev–Trinajstić information content (AvgIpc) is 2.83. The largest absolute Gasteiger partial charge is 0.493 e. The smallest absolute Gasteiger partial charge is 0.270 e. The molecule has 0 spiro atoms. The van der Waals surface area contributed by atoms with E-state index in [1.165, 1.54) is 31.4 Å². The molecule has 4 rings (SSSR count). The molecule has 0 radical (unpaired) electrons. The average molecular weight is 667 g/mol. The summed E-state index contributed by atoms with van der Waals surface area (Å²) < 4.78 is 27.6. The molecule has 0 aromatic heterocycles. The van der Waals surface area contributed by atoms with Crippen molar-refractivity contribution in [2.24, 2.45) is 0 Å². The lowest BCUT2D eigenvalue weighted by Crippen LogP contribution is -2.54. The van der Waals surface area contributed by atoms with E-state index in [1.807, 2.05) is 24.3 Å². The first-order valence-electron chi connectivity index (χ1n) is 10.2. The van der Waals surface area contributed by atoms with E-state index in [-0.39, 0.29) is 16.4 Å². The Morgan fingerprint density at radius 1 is 1.14 bits per heavy atom. The van der Waals surface area contributed by atoms with Crippen LogP contribution in [-0.2, 0) is 16.2 Å². The molecule has 1 N–H and O–H groups in total. The van der Waals surface area contributed by atoms with Gasteiger partial charge in [0.2, 0.25) is 0 Å². The number of thiocarbonyl (C=S) groups is 1. The minimum Gasteiger partial charge on any atom is -0.493 e. The van der Waals surface area contributed by atoms with Crippen LogP contribution in [0.3, 0.4) is 0 Å². The van der Waals surface area contributed by atoms with Crippen molar-refractivity contribution in [1.29, 1.82) is 0 Å². The number of nitrogens with one attached hydrogen (secondary N) is 1. The molecule has 0 bridgehead atoms. The van der Waals surface area contributed by atoms with Gasteiger partial charge in [0.05, 0.1) is 16.4 Å². The molecule has 1 aliphatic heterocycles. The van der Waals surface area contributed by atoms with Crippen LogP contribution in [0.4, 0.5) is 10.1 Å². The third kappa shape index (κ3) is 5.54. The van der Waals surface area contributed by atoms with Gasteiger partial charge in [-0.1, -0.05) is 40.2 Å². The first-order valence-corrected chi connectivity index (χ1v) is 12.5. The molecule has 0 unspecified atom stereocenters. The van der Waals surface area contributed by atoms with E-state index in [1.54, 1.807) is 18.2 Å². The molecule has 2 amide bonds. The van der Waals surface area contributed by atoms with Crippen LogP contribution >= 0.6 is 50.7 Å². The predicted octanol–water partition coefficient (Wildman–Crippen LogP) is 5.61. The van der Waals surface area contributed by atoms with Gasteiger partial charge in [0.15, 0.2) is 16.6 Å². The van der Waals surface area contributed by atoms with Crippen molar-refractivity contribution in [2.75, 3.05) is 12.0 Å². The molecule has 0 saturated carbocycles. The summed E-state index contributed by atoms with van der Waals surface area (Å²) in [7, 11) is 1.51. The van der Waals surface area contributed by atoms with E-state index in [0.29, 0.717) is 23.7 Å². The van der Waals surface area contributed by atoms with E-state index in [4.69, 9.17) is 21.7 Å². The molecule has 3 aromatic rings. The minimum absolute atomic E-state index is 0.0442. The number of amides is 2. The summed E-state index contributed by atoms with van der Waals surface area (Å²) in [5.41, 5.74) is 1.27. The number of rotatable bonds is 6. The number of carbonyl (C=O) groups excluding carboxylic acids is 2. The van der Waals surface area contributed by atoms with Gasteiger partial charge in [0.1, 0.15) is 18.0 Å². The van der Waals surface area contributed by atoms with Crippen molar-refractivity contribution in [3.63, 3.8) is 0 Å². The summed E-state index contributed by atoms with van der Waals surface area (Å²) in [6.07, 6.45) is 1.41. The highest BCUT2D eigenvalue weighted by Gasteiger charge is 2.35. The molecule has 0 atom stereocenters. The summed E-state index contributed by atoms with van der Waals surface area (Å²) in [4.78, 5) is 26.7. The van der Waals surface area contributed by atoms with Crippen molar-refractivity contribution in [2.45, 2.75) is 6.61 Å². The SMILES string of the molecule is COc1cc(/C=C2\C(=O)NC(=S)N(c3ccccc3F)C2=O)cc(I)c1OCc1ccc(Br)cc1. The molecule has 0 aliphatic carbocycles. The van der Waals surface area contributed by atoms with Gasteiger partial charge in [-0.25, -0.2) is 9.29 Å². The fourth-order valence-corrected chi connectivity index (χ4v) is 4.69. The van der Waals surface area contributed by atoms with Crippen LogP contribution in [-0.4, -0.2) is 24.0 Å². The number of nitrogens with zero attached hydrogens (tertiary/aromatic N) is 1. The van der Waals surface area contributed by atoms with Crippen molar-refractivity contribution in [3.8, 4) is 11.5 Å². The molecule has 178 valence electrons. The number of methoxy groups -OCH3 is 1. The van der Waals surface area contributed by atoms with Crippen LogP contribution in [0.5, 0.6) is 11.5 Å². The molecule has 1 heterocycles. The molecule has 1 fully saturated rings. The number of hydrogen-bond donors (Lipinski definition) is 1. The van der Waals surface area contributed by atoms with Crippen molar-refractivity contribution < 1.29 is 23.5 Å². The van der Waals surface area contributed by atoms with E-state index in [2.05, 4.69) is 43.8 Å². The van der Waals surface area contributed by atoms with Crippen molar-refractivity contribution >= 4 is 79.4 Å². The van der Waals surface area contributed by atoms with Gasteiger partial charge in [-0.05, 0) is 88.4 Å². The van der Waals surface area contributed by atoms with Crippen LogP contribution in [0.15, 0.2) is 70.7 Å². The fraction of sp³-hybridized carbons (Fsp3) is 0.0800. The highest BCUT2D eigenvalue weighted by Crippen LogP contribution is 2.36. The zero-order valence-corrected chi connectivity index (χ0v) is 22.7. The molecule has 3 aromatic carbocycles. The zero-order valence-electron chi connectivity index (χ0n) is 18.2. The van der Waals surface area contributed by atoms with Gasteiger partial charge >= 0.3 is 0 Å². The number of hydrogen-bond acceptors (Lipinski definition) is 5. The zero-order chi connectivity index (χ0) is 25.1. The van der Waals surface area contributed by atoms with Crippen LogP contribution in [0, 0.1) is 9.39 Å². The molecule has 10 heteroatoms. The Morgan fingerprint density at radius 2 is 1.86 bits per heavy atom. The van der Waals surface area contributed by atoms with Gasteiger partial charge < -0.3 is 9.47 Å². The van der Waals surface area contributed by atoms with Gasteiger partial charge in [0, 0.05) is 4.47 Å². The second-order valence-corrected chi connectivity index (χ2v) is 9.82. The fourth-order valence-electron chi connectivity index (χ4n) is 3.38. The first-order chi connectivity index (χ1) is 16.8. The highest BCUT2D eigenvalue weighted by atomic mass is 127. The number of carbonyl (C=O) groups is 2. The Balaban J connectivity index is 1.64. The van der Waals surface area contributed by atoms with Gasteiger partial charge in [-0.15, -0.1) is 0 Å². The molecule has 6 nitrogen and oxygen atoms in total. The highest BCUT2D eigenvalue weighted by molar-refractivity contribution is 14.1. The minimum atomic E-state index is -0.728. The van der Waals surface area contributed by atoms with Gasteiger partial charge in [0.25, 0.3) is 11.8 Å². The maximum absolute atomic E-state index is 14.4. The quantitative estimate of drug-likeness (QED) is 0.160. The van der Waals surface area contributed by atoms with Crippen LogP contribution in [0.2, 0.25) is 0 Å². The Hall–Kier alpha value is -2.83. The lowest BCUT2D eigenvalue weighted by molar-refractivity contribution is -0.122. The number of halogens is 3. The lowest BCUT2D eigenvalue weighted by atomic mass is 10.1. The summed E-state index contributed by atoms with van der Waals surface area (Å²) in [5, 5.41) is 2.27. The molecular formula is C25H17BrFIN2O4S. The number of anilines is 1. The summed E-state index contributed by atoms with van der Waals surface area (Å²) in [6, 6.07) is 16.9. The summed E-state index contributed by atoms with van der Waals surface area (Å²) in [6.45, 7) is 0.329. The Labute approximate surface area is 228 Å². The van der Waals surface area contributed by atoms with Crippen molar-refractivity contribution in [3.05, 3.63) is 91.2 Å².